The van der Waals surface area contributed by atoms with E-state index >= 15 is 0 Å². The molecule has 141 heavy (non-hydrogen) atoms. The van der Waals surface area contributed by atoms with Gasteiger partial charge in [-0.25, -0.2) is 39.9 Å². The van der Waals surface area contributed by atoms with Crippen molar-refractivity contribution in [2.75, 3.05) is 0 Å². The van der Waals surface area contributed by atoms with E-state index in [-0.39, 0.29) is 0 Å². The summed E-state index contributed by atoms with van der Waals surface area (Å²) in [5.41, 5.74) is 33.6. The van der Waals surface area contributed by atoms with E-state index in [1.807, 2.05) is 55.6 Å². The number of hydrogen-bond acceptors (Lipinski definition) is 8. The fraction of sp³-hybridized carbons (Fsp3) is 0.00775. The molecule has 0 fully saturated rings. The average molecular weight is 1800 g/mol. The number of hydrogen-bond donors (Lipinski definition) is 0. The van der Waals surface area contributed by atoms with Gasteiger partial charge in [0.05, 0.1) is 99.8 Å². The van der Waals surface area contributed by atoms with E-state index in [2.05, 4.69) is 434 Å². The molecule has 0 unspecified atom stereocenters. The number of pyridine rings is 2. The number of para-hydroxylation sites is 11. The van der Waals surface area contributed by atoms with E-state index in [1.165, 1.54) is 175 Å². The second kappa shape index (κ2) is 31.5. The van der Waals surface area contributed by atoms with Crippen molar-refractivity contribution >= 4 is 196 Å². The first-order chi connectivity index (χ1) is 69.9. The first-order valence-electron chi connectivity index (χ1n) is 47.9. The molecule has 0 aliphatic carbocycles. The van der Waals surface area contributed by atoms with Crippen LogP contribution in [0.2, 0.25) is 0 Å². The largest absolute Gasteiger partial charge is 0.308 e. The lowest BCUT2D eigenvalue weighted by atomic mass is 9.97. The minimum atomic E-state index is 0.741. The van der Waals surface area contributed by atoms with Crippen LogP contribution in [0, 0.1) is 6.92 Å². The maximum Gasteiger partial charge on any atom is 0.161 e. The summed E-state index contributed by atoms with van der Waals surface area (Å²) in [6.45, 7) is 2.04. The van der Waals surface area contributed by atoms with Gasteiger partial charge in [0.25, 0.3) is 0 Å². The van der Waals surface area contributed by atoms with Crippen molar-refractivity contribution in [3.05, 3.63) is 461 Å². The van der Waals surface area contributed by atoms with Crippen LogP contribution in [-0.4, -0.2) is 57.5 Å². The molecule has 0 aliphatic rings. The Labute approximate surface area is 805 Å². The summed E-state index contributed by atoms with van der Waals surface area (Å²) < 4.78 is 9.62. The van der Waals surface area contributed by atoms with Crippen LogP contribution in [0.15, 0.2) is 455 Å². The van der Waals surface area contributed by atoms with Crippen LogP contribution in [-0.2, 0) is 0 Å². The maximum atomic E-state index is 5.25. The molecule has 0 amide bonds. The third kappa shape index (κ3) is 12.4. The standard InChI is InChI=1S/C38H23N3.2C32H19N3.C27H17N3/c1-2-10-24(11-3-1)25-18-20-26(21-19-25)36-30-14-4-7-15-33(30)39-38(40-36)27-22-31-28-12-5-8-16-34(28)41-35-17-9-6-13-29(35)32(23-27)37(31)41;1-2-10-20(11-3-1)30-24-14-4-7-15-27(24)33-32(34-30)21-18-25-22-12-5-8-16-28(22)35-29-17-9-6-13-23(29)26(19-21)31(25)35;1-2-10-20(11-3-1)30-23-13-4-7-15-26(23)33-32(34-30)25-19-18-22-21-12-5-8-16-27(21)35-28-17-9-6-14-24(28)29(25)31(22)35;1-16-13-21(20-9-6-12-28-27(20)29-16)17-14-22-18-7-2-4-10-24(18)30-25-11-5-3-8-19(25)23(15-17)26(22)30/h1-23H;2*1-19H;2-15H,1H3. The van der Waals surface area contributed by atoms with Gasteiger partial charge in [0, 0.05) is 153 Å². The van der Waals surface area contributed by atoms with E-state index in [9.17, 15) is 0 Å². The summed E-state index contributed by atoms with van der Waals surface area (Å²) in [5.74, 6) is 2.25. The topological polar surface area (TPSA) is 121 Å². The van der Waals surface area contributed by atoms with E-state index < -0.39 is 0 Å². The van der Waals surface area contributed by atoms with Crippen LogP contribution >= 0.6 is 0 Å². The van der Waals surface area contributed by atoms with Crippen LogP contribution in [0.25, 0.3) is 286 Å². The van der Waals surface area contributed by atoms with Crippen LogP contribution in [0.3, 0.4) is 0 Å². The summed E-state index contributed by atoms with van der Waals surface area (Å²) in [4.78, 5) is 39.9. The Balaban J connectivity index is 0.0000000905. The summed E-state index contributed by atoms with van der Waals surface area (Å²) in [7, 11) is 0. The van der Waals surface area contributed by atoms with Crippen LogP contribution in [0.1, 0.15) is 5.69 Å². The highest BCUT2D eigenvalue weighted by Crippen LogP contribution is 2.49. The molecule has 12 nitrogen and oxygen atoms in total. The zero-order valence-electron chi connectivity index (χ0n) is 76.2. The Hall–Kier alpha value is -19.0. The second-order valence-corrected chi connectivity index (χ2v) is 36.7. The maximum absolute atomic E-state index is 5.25. The molecule has 12 heteroatoms. The van der Waals surface area contributed by atoms with E-state index in [4.69, 9.17) is 29.9 Å². The molecular weight excluding hydrogens is 1720 g/mol. The number of nitrogens with zero attached hydrogens (tertiary/aromatic N) is 12. The normalized spacial score (nSPS) is 12.0. The van der Waals surface area contributed by atoms with Crippen LogP contribution in [0.4, 0.5) is 0 Å². The Bertz CT molecular complexity index is 10400. The number of rotatable bonds is 8. The monoisotopic (exact) mass is 1790 g/mol. The zero-order valence-corrected chi connectivity index (χ0v) is 76.2. The third-order valence-corrected chi connectivity index (χ3v) is 28.8. The number of benzene rings is 19. The number of aromatic nitrogens is 12. The lowest BCUT2D eigenvalue weighted by Crippen LogP contribution is -1.95. The SMILES string of the molecule is Cc1cc(-c2cc3c4ccccc4n4c5ccccc5c(c2)c34)c2cccnc2n1.c1ccc(-c2ccc(-c3nc(-c4cc5c6ccccc6n6c7ccccc7c(c4)c56)nc4ccccc34)cc2)cc1.c1ccc(-c2nc(-c3cc4c5ccccc5n5c6ccccc6c(c3)c45)nc3ccccc23)cc1.c1ccc(-c2nc(-c3ccc4c5ccccc5n5c6ccccc6c3c45)nc3ccccc23)cc1. The molecule has 19 aromatic carbocycles. The minimum Gasteiger partial charge on any atom is -0.308 e. The van der Waals surface area contributed by atoms with Crippen molar-refractivity contribution in [1.29, 1.82) is 0 Å². The fourth-order valence-corrected chi connectivity index (χ4v) is 22.7. The van der Waals surface area contributed by atoms with Gasteiger partial charge in [0.15, 0.2) is 23.1 Å². The molecule has 0 N–H and O–H groups in total. The van der Waals surface area contributed by atoms with Crippen LogP contribution < -0.4 is 0 Å². The van der Waals surface area contributed by atoms with Crippen molar-refractivity contribution in [2.45, 2.75) is 6.92 Å². The van der Waals surface area contributed by atoms with Gasteiger partial charge >= 0.3 is 0 Å². The van der Waals surface area contributed by atoms with Crippen LogP contribution in [0.5, 0.6) is 0 Å². The van der Waals surface area contributed by atoms with Gasteiger partial charge < -0.3 is 17.6 Å². The van der Waals surface area contributed by atoms with Crippen molar-refractivity contribution in [3.63, 3.8) is 0 Å². The fourth-order valence-electron chi connectivity index (χ4n) is 22.7. The highest BCUT2D eigenvalue weighted by molar-refractivity contribution is 6.30. The lowest BCUT2D eigenvalue weighted by Gasteiger charge is -2.11. The molecule has 32 rings (SSSR count). The quantitative estimate of drug-likeness (QED) is 0.147. The molecule has 0 atom stereocenters. The molecule has 32 aromatic rings. The molecule has 0 saturated carbocycles. The molecule has 0 aliphatic heterocycles. The Morgan fingerprint density at radius 2 is 0.454 bits per heavy atom. The predicted octanol–water partition coefficient (Wildman–Crippen LogP) is 32.8. The van der Waals surface area contributed by atoms with E-state index in [0.29, 0.717) is 0 Å². The van der Waals surface area contributed by atoms with Gasteiger partial charge in [-0.15, -0.1) is 0 Å². The van der Waals surface area contributed by atoms with E-state index in [1.54, 1.807) is 0 Å². The van der Waals surface area contributed by atoms with Crippen molar-refractivity contribution in [2.24, 2.45) is 0 Å². The molecule has 13 heterocycles. The highest BCUT2D eigenvalue weighted by atomic mass is 15.0. The van der Waals surface area contributed by atoms with Gasteiger partial charge in [0.1, 0.15) is 0 Å². The Morgan fingerprint density at radius 1 is 0.170 bits per heavy atom. The van der Waals surface area contributed by atoms with Crippen molar-refractivity contribution in [3.8, 4) is 90.2 Å². The van der Waals surface area contributed by atoms with Gasteiger partial charge in [-0.2, -0.15) is 0 Å². The minimum absolute atomic E-state index is 0.741. The molecule has 0 bridgehead atoms. The molecule has 0 radical (unpaired) electrons. The average Bonchev–Trinajstić information content (AvgIpc) is 1.55. The molecule has 13 aromatic heterocycles. The molecule has 0 saturated heterocycles. The summed E-state index contributed by atoms with van der Waals surface area (Å²) in [6, 6.07) is 159. The van der Waals surface area contributed by atoms with Gasteiger partial charge in [-0.3, -0.25) is 0 Å². The molecule has 654 valence electrons. The predicted molar refractivity (Wildman–Crippen MR) is 585 cm³/mol. The third-order valence-electron chi connectivity index (χ3n) is 28.8. The van der Waals surface area contributed by atoms with Crippen molar-refractivity contribution < 1.29 is 0 Å². The van der Waals surface area contributed by atoms with Gasteiger partial charge in [-0.1, -0.05) is 322 Å². The summed E-state index contributed by atoms with van der Waals surface area (Å²) >= 11 is 0. The smallest absolute Gasteiger partial charge is 0.161 e. The Kier molecular flexibility index (Phi) is 17.7. The highest BCUT2D eigenvalue weighted by Gasteiger charge is 2.28. The zero-order chi connectivity index (χ0) is 92.6. The molecule has 0 spiro atoms. The summed E-state index contributed by atoms with van der Waals surface area (Å²) in [6.07, 6.45) is 1.81. The second-order valence-electron chi connectivity index (χ2n) is 36.7. The van der Waals surface area contributed by atoms with E-state index in [0.717, 1.165) is 117 Å². The van der Waals surface area contributed by atoms with Crippen molar-refractivity contribution in [1.82, 2.24) is 57.5 Å². The van der Waals surface area contributed by atoms with Gasteiger partial charge in [0.2, 0.25) is 0 Å². The van der Waals surface area contributed by atoms with Gasteiger partial charge in [-0.05, 0) is 157 Å². The Morgan fingerprint density at radius 3 is 0.851 bits per heavy atom. The first kappa shape index (κ1) is 79.4. The molecular formula is C129H78N12. The first-order valence-corrected chi connectivity index (χ1v) is 47.9. The summed E-state index contributed by atoms with van der Waals surface area (Å²) in [5, 5.41) is 24.4. The number of fused-ring (bicyclic) bond motifs is 28. The lowest BCUT2D eigenvalue weighted by molar-refractivity contribution is 1.20. The number of aryl methyl sites for hydroxylation is 1.